The molecule has 1 rings (SSSR count). The lowest BCUT2D eigenvalue weighted by Crippen LogP contribution is -2.40. The Morgan fingerprint density at radius 1 is 1.41 bits per heavy atom. The number of non-ortho nitro benzene ring substituents is 1. The number of hydrogen-bond acceptors (Lipinski definition) is 6. The zero-order valence-electron chi connectivity index (χ0n) is 12.0. The molecule has 0 aliphatic heterocycles. The number of carboxylic acids is 1. The number of methoxy groups -OCH3 is 1. The van der Waals surface area contributed by atoms with Gasteiger partial charge in [0.05, 0.1) is 16.7 Å². The van der Waals surface area contributed by atoms with E-state index < -0.39 is 22.2 Å². The average molecular weight is 328 g/mol. The van der Waals surface area contributed by atoms with Gasteiger partial charge in [-0.05, 0) is 19.1 Å². The summed E-state index contributed by atoms with van der Waals surface area (Å²) >= 11 is 1.22. The summed E-state index contributed by atoms with van der Waals surface area (Å²) < 4.78 is 4.71. The molecule has 2 N–H and O–H groups in total. The van der Waals surface area contributed by atoms with Gasteiger partial charge in [0.2, 0.25) is 5.91 Å². The molecule has 0 aromatic heterocycles. The molecule has 1 aromatic carbocycles. The van der Waals surface area contributed by atoms with Crippen LogP contribution in [0.5, 0.6) is 0 Å². The molecular formula is C13H16N2O6S. The predicted molar refractivity (Wildman–Crippen MR) is 79.9 cm³/mol. The van der Waals surface area contributed by atoms with Gasteiger partial charge in [0.1, 0.15) is 0 Å². The molecule has 0 bridgehead atoms. The second-order valence-electron chi connectivity index (χ2n) is 4.32. The van der Waals surface area contributed by atoms with Crippen molar-refractivity contribution in [3.05, 3.63) is 34.4 Å². The molecule has 0 saturated heterocycles. The van der Waals surface area contributed by atoms with Crippen LogP contribution in [0.3, 0.4) is 0 Å². The molecule has 1 amide bonds. The summed E-state index contributed by atoms with van der Waals surface area (Å²) in [7, 11) is 1.25. The van der Waals surface area contributed by atoms with Gasteiger partial charge in [0.15, 0.2) is 6.10 Å². The minimum absolute atomic E-state index is 0.0224. The first-order chi connectivity index (χ1) is 10.3. The number of hydrogen-bond donors (Lipinski definition) is 2. The van der Waals surface area contributed by atoms with Crippen LogP contribution in [0.2, 0.25) is 0 Å². The quantitative estimate of drug-likeness (QED) is 0.419. The van der Waals surface area contributed by atoms with Crippen LogP contribution in [0, 0.1) is 10.1 Å². The lowest BCUT2D eigenvalue weighted by molar-refractivity contribution is -0.384. The summed E-state index contributed by atoms with van der Waals surface area (Å²) in [5, 5.41) is 21.4. The molecule has 9 heteroatoms. The lowest BCUT2D eigenvalue weighted by atomic mass is 10.3. The second kappa shape index (κ2) is 8.35. The Bertz CT molecular complexity index is 548. The fourth-order valence-electron chi connectivity index (χ4n) is 1.51. The topological polar surface area (TPSA) is 119 Å². The zero-order valence-corrected chi connectivity index (χ0v) is 12.8. The van der Waals surface area contributed by atoms with E-state index in [9.17, 15) is 19.7 Å². The molecule has 22 heavy (non-hydrogen) atoms. The number of rotatable bonds is 8. The van der Waals surface area contributed by atoms with Gasteiger partial charge < -0.3 is 15.2 Å². The van der Waals surface area contributed by atoms with E-state index in [4.69, 9.17) is 9.84 Å². The van der Waals surface area contributed by atoms with Gasteiger partial charge in [-0.1, -0.05) is 0 Å². The number of carbonyl (C=O) groups excluding carboxylic acids is 1. The number of nitrogens with one attached hydrogen (secondary N) is 1. The van der Waals surface area contributed by atoms with Crippen molar-refractivity contribution in [1.29, 1.82) is 0 Å². The van der Waals surface area contributed by atoms with Crippen LogP contribution in [0.15, 0.2) is 29.2 Å². The normalized spacial score (nSPS) is 13.2. The molecule has 2 atom stereocenters. The maximum absolute atomic E-state index is 11.9. The van der Waals surface area contributed by atoms with Gasteiger partial charge in [-0.25, -0.2) is 4.79 Å². The Labute approximate surface area is 131 Å². The van der Waals surface area contributed by atoms with Crippen molar-refractivity contribution in [3.63, 3.8) is 0 Å². The molecule has 0 aliphatic rings. The highest BCUT2D eigenvalue weighted by Crippen LogP contribution is 2.25. The number of carboxylic acid groups (broad SMARTS) is 1. The molecule has 0 radical (unpaired) electrons. The Morgan fingerprint density at radius 2 is 2.00 bits per heavy atom. The van der Waals surface area contributed by atoms with Crippen LogP contribution >= 0.6 is 11.8 Å². The number of carbonyl (C=O) groups is 2. The van der Waals surface area contributed by atoms with Crippen LogP contribution in [-0.4, -0.2) is 46.9 Å². The molecule has 0 spiro atoms. The molecular weight excluding hydrogens is 312 g/mol. The molecule has 8 nitrogen and oxygen atoms in total. The van der Waals surface area contributed by atoms with E-state index in [1.165, 1.54) is 31.0 Å². The van der Waals surface area contributed by atoms with Gasteiger partial charge in [0.25, 0.3) is 5.69 Å². The SMILES string of the molecule is COC(CNC(=O)C(C)Sc1ccc([N+](=O)[O-])cc1)C(=O)O. The lowest BCUT2D eigenvalue weighted by Gasteiger charge is -2.15. The molecule has 1 aromatic rings. The van der Waals surface area contributed by atoms with Gasteiger partial charge >= 0.3 is 5.97 Å². The first-order valence-corrected chi connectivity index (χ1v) is 7.17. The fourth-order valence-corrected chi connectivity index (χ4v) is 2.40. The minimum Gasteiger partial charge on any atom is -0.479 e. The van der Waals surface area contributed by atoms with Crippen LogP contribution in [0.1, 0.15) is 6.92 Å². The van der Waals surface area contributed by atoms with E-state index in [2.05, 4.69) is 5.32 Å². The molecule has 0 saturated carbocycles. The smallest absolute Gasteiger partial charge is 0.334 e. The summed E-state index contributed by atoms with van der Waals surface area (Å²) in [5.74, 6) is -1.50. The largest absolute Gasteiger partial charge is 0.479 e. The van der Waals surface area contributed by atoms with Crippen molar-refractivity contribution in [3.8, 4) is 0 Å². The summed E-state index contributed by atoms with van der Waals surface area (Å²) in [6.07, 6.45) is -1.10. The number of aliphatic carboxylic acids is 1. The van der Waals surface area contributed by atoms with E-state index in [1.807, 2.05) is 0 Å². The standard InChI is InChI=1S/C13H16N2O6S/c1-8(12(16)14-7-11(21-2)13(17)18)22-10-5-3-9(4-6-10)15(19)20/h3-6,8,11H,7H2,1-2H3,(H,14,16)(H,17,18). The van der Waals surface area contributed by atoms with Crippen molar-refractivity contribution in [2.45, 2.75) is 23.2 Å². The minimum atomic E-state index is -1.15. The van der Waals surface area contributed by atoms with E-state index in [0.717, 1.165) is 0 Å². The second-order valence-corrected chi connectivity index (χ2v) is 5.73. The molecule has 0 aliphatic carbocycles. The van der Waals surface area contributed by atoms with Crippen LogP contribution < -0.4 is 5.32 Å². The number of ether oxygens (including phenoxy) is 1. The zero-order chi connectivity index (χ0) is 16.7. The number of amides is 1. The van der Waals surface area contributed by atoms with Gasteiger partial charge in [0, 0.05) is 24.1 Å². The van der Waals surface area contributed by atoms with Crippen LogP contribution in [0.25, 0.3) is 0 Å². The molecule has 0 fully saturated rings. The molecule has 120 valence electrons. The highest BCUT2D eigenvalue weighted by atomic mass is 32.2. The van der Waals surface area contributed by atoms with Gasteiger partial charge in [-0.3, -0.25) is 14.9 Å². The fraction of sp³-hybridized carbons (Fsp3) is 0.385. The van der Waals surface area contributed by atoms with E-state index in [1.54, 1.807) is 19.1 Å². The Balaban J connectivity index is 2.53. The Kier molecular flexibility index (Phi) is 6.80. The van der Waals surface area contributed by atoms with Crippen molar-refractivity contribution in [2.75, 3.05) is 13.7 Å². The van der Waals surface area contributed by atoms with Crippen molar-refractivity contribution in [1.82, 2.24) is 5.32 Å². The van der Waals surface area contributed by atoms with Gasteiger partial charge in [-0.15, -0.1) is 11.8 Å². The molecule has 0 heterocycles. The summed E-state index contributed by atoms with van der Waals surface area (Å²) in [5.41, 5.74) is -0.0224. The monoisotopic (exact) mass is 328 g/mol. The number of nitro groups is 1. The summed E-state index contributed by atoms with van der Waals surface area (Å²) in [6, 6.07) is 5.83. The van der Waals surface area contributed by atoms with Crippen molar-refractivity contribution in [2.24, 2.45) is 0 Å². The van der Waals surface area contributed by atoms with E-state index in [-0.39, 0.29) is 18.1 Å². The Hall–Kier alpha value is -2.13. The first kappa shape index (κ1) is 17.9. The van der Waals surface area contributed by atoms with Crippen molar-refractivity contribution >= 4 is 29.3 Å². The third kappa shape index (κ3) is 5.34. The van der Waals surface area contributed by atoms with Crippen molar-refractivity contribution < 1.29 is 24.4 Å². The number of benzene rings is 1. The summed E-state index contributed by atoms with van der Waals surface area (Å²) in [6.45, 7) is 1.53. The Morgan fingerprint density at radius 3 is 2.45 bits per heavy atom. The van der Waals surface area contributed by atoms with Gasteiger partial charge in [-0.2, -0.15) is 0 Å². The maximum Gasteiger partial charge on any atom is 0.334 e. The van der Waals surface area contributed by atoms with E-state index in [0.29, 0.717) is 4.90 Å². The summed E-state index contributed by atoms with van der Waals surface area (Å²) in [4.78, 5) is 33.4. The highest BCUT2D eigenvalue weighted by Gasteiger charge is 2.20. The van der Waals surface area contributed by atoms with E-state index >= 15 is 0 Å². The average Bonchev–Trinajstić information content (AvgIpc) is 2.47. The third-order valence-corrected chi connectivity index (χ3v) is 3.86. The predicted octanol–water partition coefficient (Wildman–Crippen LogP) is 1.29. The first-order valence-electron chi connectivity index (χ1n) is 6.29. The van der Waals surface area contributed by atoms with Crippen LogP contribution in [0.4, 0.5) is 5.69 Å². The number of nitro benzene ring substituents is 1. The third-order valence-electron chi connectivity index (χ3n) is 2.75. The number of thioether (sulfide) groups is 1. The highest BCUT2D eigenvalue weighted by molar-refractivity contribution is 8.00. The number of nitrogens with zero attached hydrogens (tertiary/aromatic N) is 1. The molecule has 2 unspecified atom stereocenters. The van der Waals surface area contributed by atoms with Crippen LogP contribution in [-0.2, 0) is 14.3 Å². The maximum atomic E-state index is 11.9.